The predicted molar refractivity (Wildman–Crippen MR) is 103 cm³/mol. The molecular formula is C21H20N2O2S. The molecule has 132 valence electrons. The minimum absolute atomic E-state index is 0.0248. The number of thiazole rings is 1. The molecule has 1 amide bonds. The Morgan fingerprint density at radius 2 is 1.92 bits per heavy atom. The van der Waals surface area contributed by atoms with E-state index in [1.54, 1.807) is 18.4 Å². The van der Waals surface area contributed by atoms with E-state index in [1.807, 2.05) is 40.6 Å². The highest BCUT2D eigenvalue weighted by atomic mass is 32.1. The predicted octanol–water partition coefficient (Wildman–Crippen LogP) is 3.94. The van der Waals surface area contributed by atoms with Crippen LogP contribution >= 0.6 is 11.3 Å². The van der Waals surface area contributed by atoms with Gasteiger partial charge in [0.05, 0.1) is 12.1 Å². The summed E-state index contributed by atoms with van der Waals surface area (Å²) in [6.45, 7) is 1.42. The number of hydrogen-bond donors (Lipinski definition) is 0. The minimum Gasteiger partial charge on any atom is -0.497 e. The zero-order chi connectivity index (χ0) is 17.9. The maximum atomic E-state index is 12.8. The Morgan fingerprint density at radius 3 is 2.69 bits per heavy atom. The number of fused-ring (bicyclic) bond motifs is 1. The van der Waals surface area contributed by atoms with Gasteiger partial charge in [0.15, 0.2) is 0 Å². The van der Waals surface area contributed by atoms with Crippen molar-refractivity contribution in [1.82, 2.24) is 9.88 Å². The van der Waals surface area contributed by atoms with Crippen molar-refractivity contribution in [1.29, 1.82) is 0 Å². The lowest BCUT2D eigenvalue weighted by Gasteiger charge is -2.28. The molecule has 0 unspecified atom stereocenters. The fourth-order valence-corrected chi connectivity index (χ4v) is 4.04. The van der Waals surface area contributed by atoms with Gasteiger partial charge in [0.2, 0.25) is 0 Å². The zero-order valence-corrected chi connectivity index (χ0v) is 15.5. The summed E-state index contributed by atoms with van der Waals surface area (Å²) >= 11 is 1.54. The molecule has 0 radical (unpaired) electrons. The topological polar surface area (TPSA) is 42.4 Å². The highest BCUT2D eigenvalue weighted by molar-refractivity contribution is 7.09. The van der Waals surface area contributed by atoms with Crippen molar-refractivity contribution in [3.63, 3.8) is 0 Å². The molecule has 0 fully saturated rings. The average Bonchev–Trinajstić information content (AvgIpc) is 3.16. The molecule has 4 nitrogen and oxygen atoms in total. The van der Waals surface area contributed by atoms with Crippen LogP contribution in [0.15, 0.2) is 53.9 Å². The van der Waals surface area contributed by atoms with Gasteiger partial charge in [0, 0.05) is 24.9 Å². The van der Waals surface area contributed by atoms with Gasteiger partial charge in [0.1, 0.15) is 11.4 Å². The quantitative estimate of drug-likeness (QED) is 0.704. The van der Waals surface area contributed by atoms with Crippen LogP contribution in [0.1, 0.15) is 32.2 Å². The van der Waals surface area contributed by atoms with E-state index >= 15 is 0 Å². The molecule has 0 bridgehead atoms. The first-order valence-corrected chi connectivity index (χ1v) is 9.54. The van der Waals surface area contributed by atoms with Crippen molar-refractivity contribution in [2.24, 2.45) is 0 Å². The Morgan fingerprint density at radius 1 is 1.15 bits per heavy atom. The van der Waals surface area contributed by atoms with E-state index in [0.29, 0.717) is 12.2 Å². The molecule has 3 aromatic rings. The number of hydrogen-bond acceptors (Lipinski definition) is 4. The maximum Gasteiger partial charge on any atom is 0.273 e. The Balaban J connectivity index is 1.45. The fourth-order valence-electron chi connectivity index (χ4n) is 3.24. The number of nitrogens with zero attached hydrogens (tertiary/aromatic N) is 2. The van der Waals surface area contributed by atoms with Crippen LogP contribution in [-0.4, -0.2) is 29.4 Å². The average molecular weight is 364 g/mol. The third-order valence-electron chi connectivity index (χ3n) is 4.70. The van der Waals surface area contributed by atoms with Crippen molar-refractivity contribution in [3.8, 4) is 5.75 Å². The minimum atomic E-state index is 0.0248. The van der Waals surface area contributed by atoms with Crippen LogP contribution in [0.4, 0.5) is 0 Å². The largest absolute Gasteiger partial charge is 0.497 e. The molecule has 0 aliphatic carbocycles. The number of amides is 1. The molecule has 0 spiro atoms. The summed E-state index contributed by atoms with van der Waals surface area (Å²) in [5.74, 6) is 0.867. The Labute approximate surface area is 157 Å². The molecule has 0 N–H and O–H groups in total. The lowest BCUT2D eigenvalue weighted by atomic mass is 10.00. The van der Waals surface area contributed by atoms with Gasteiger partial charge in [-0.2, -0.15) is 0 Å². The molecule has 4 rings (SSSR count). The number of carbonyl (C=O) groups excluding carboxylic acids is 1. The van der Waals surface area contributed by atoms with E-state index in [4.69, 9.17) is 4.74 Å². The van der Waals surface area contributed by atoms with Crippen LogP contribution in [0.3, 0.4) is 0 Å². The SMILES string of the molecule is COc1ccc(Cc2nc(C(=O)N3CCc4ccccc4C3)cs2)cc1. The van der Waals surface area contributed by atoms with Gasteiger partial charge in [-0.3, -0.25) is 4.79 Å². The summed E-state index contributed by atoms with van der Waals surface area (Å²) < 4.78 is 5.18. The Kier molecular flexibility index (Phi) is 4.71. The highest BCUT2D eigenvalue weighted by Crippen LogP contribution is 2.22. The molecule has 26 heavy (non-hydrogen) atoms. The van der Waals surface area contributed by atoms with Crippen molar-refractivity contribution < 1.29 is 9.53 Å². The zero-order valence-electron chi connectivity index (χ0n) is 14.6. The molecular weight excluding hydrogens is 344 g/mol. The van der Waals surface area contributed by atoms with E-state index in [2.05, 4.69) is 23.2 Å². The normalized spacial score (nSPS) is 13.3. The molecule has 1 aliphatic heterocycles. The molecule has 5 heteroatoms. The third kappa shape index (κ3) is 3.48. The smallest absolute Gasteiger partial charge is 0.273 e. The van der Waals surface area contributed by atoms with Gasteiger partial charge in [-0.15, -0.1) is 11.3 Å². The van der Waals surface area contributed by atoms with Crippen LogP contribution in [0.25, 0.3) is 0 Å². The van der Waals surface area contributed by atoms with Crippen LogP contribution < -0.4 is 4.74 Å². The first-order chi connectivity index (χ1) is 12.7. The molecule has 0 atom stereocenters. The monoisotopic (exact) mass is 364 g/mol. The number of carbonyl (C=O) groups is 1. The molecule has 2 aromatic carbocycles. The second kappa shape index (κ2) is 7.30. The van der Waals surface area contributed by atoms with Gasteiger partial charge in [-0.05, 0) is 35.2 Å². The van der Waals surface area contributed by atoms with Crippen LogP contribution in [0.2, 0.25) is 0 Å². The fraction of sp³-hybridized carbons (Fsp3) is 0.238. The van der Waals surface area contributed by atoms with Gasteiger partial charge in [-0.25, -0.2) is 4.98 Å². The van der Waals surface area contributed by atoms with E-state index in [-0.39, 0.29) is 5.91 Å². The van der Waals surface area contributed by atoms with E-state index < -0.39 is 0 Å². The number of ether oxygens (including phenoxy) is 1. The lowest BCUT2D eigenvalue weighted by molar-refractivity contribution is 0.0729. The van der Waals surface area contributed by atoms with Crippen LogP contribution in [0.5, 0.6) is 5.75 Å². The summed E-state index contributed by atoms with van der Waals surface area (Å²) in [7, 11) is 1.66. The van der Waals surface area contributed by atoms with E-state index in [0.717, 1.165) is 35.7 Å². The third-order valence-corrected chi connectivity index (χ3v) is 5.55. The number of aromatic nitrogens is 1. The Hall–Kier alpha value is -2.66. The number of benzene rings is 2. The van der Waals surface area contributed by atoms with Crippen molar-refractivity contribution >= 4 is 17.2 Å². The molecule has 1 aliphatic rings. The summed E-state index contributed by atoms with van der Waals surface area (Å²) in [6.07, 6.45) is 1.63. The van der Waals surface area contributed by atoms with Crippen molar-refractivity contribution in [2.75, 3.05) is 13.7 Å². The molecule has 2 heterocycles. The van der Waals surface area contributed by atoms with Gasteiger partial charge >= 0.3 is 0 Å². The van der Waals surface area contributed by atoms with Crippen molar-refractivity contribution in [3.05, 3.63) is 81.3 Å². The summed E-state index contributed by atoms with van der Waals surface area (Å²) in [5, 5.41) is 2.83. The molecule has 1 aromatic heterocycles. The standard InChI is InChI=1S/C21H20N2O2S/c1-25-18-8-6-15(7-9-18)12-20-22-19(14-26-20)21(24)23-11-10-16-4-2-3-5-17(16)13-23/h2-9,14H,10-13H2,1H3. The molecule has 0 saturated heterocycles. The van der Waals surface area contributed by atoms with Crippen LogP contribution in [-0.2, 0) is 19.4 Å². The second-order valence-electron chi connectivity index (χ2n) is 6.40. The number of rotatable bonds is 4. The Bertz CT molecular complexity index is 918. The number of methoxy groups -OCH3 is 1. The lowest BCUT2D eigenvalue weighted by Crippen LogP contribution is -2.36. The van der Waals surface area contributed by atoms with E-state index in [9.17, 15) is 4.79 Å². The van der Waals surface area contributed by atoms with Crippen molar-refractivity contribution in [2.45, 2.75) is 19.4 Å². The summed E-state index contributed by atoms with van der Waals surface area (Å²) in [5.41, 5.74) is 4.29. The van der Waals surface area contributed by atoms with Gasteiger partial charge < -0.3 is 9.64 Å². The molecule has 0 saturated carbocycles. The summed E-state index contributed by atoms with van der Waals surface area (Å²) in [6, 6.07) is 16.3. The van der Waals surface area contributed by atoms with E-state index in [1.165, 1.54) is 11.1 Å². The summed E-state index contributed by atoms with van der Waals surface area (Å²) in [4.78, 5) is 19.3. The van der Waals surface area contributed by atoms with Gasteiger partial charge in [0.25, 0.3) is 5.91 Å². The van der Waals surface area contributed by atoms with Crippen LogP contribution in [0, 0.1) is 0 Å². The second-order valence-corrected chi connectivity index (χ2v) is 7.34. The first kappa shape index (κ1) is 16.8. The first-order valence-electron chi connectivity index (χ1n) is 8.66. The van der Waals surface area contributed by atoms with Gasteiger partial charge in [-0.1, -0.05) is 36.4 Å². The highest BCUT2D eigenvalue weighted by Gasteiger charge is 2.23. The maximum absolute atomic E-state index is 12.8.